The van der Waals surface area contributed by atoms with Gasteiger partial charge in [-0.25, -0.2) is 0 Å². The number of ether oxygens (including phenoxy) is 3. The zero-order chi connectivity index (χ0) is 16.0. The van der Waals surface area contributed by atoms with Gasteiger partial charge >= 0.3 is 11.9 Å². The summed E-state index contributed by atoms with van der Waals surface area (Å²) in [4.78, 5) is 22.8. The molecule has 6 nitrogen and oxygen atoms in total. The Morgan fingerprint density at radius 2 is 1.75 bits per heavy atom. The molecule has 2 unspecified atom stereocenters. The van der Waals surface area contributed by atoms with Crippen LogP contribution < -0.4 is 0 Å². The topological polar surface area (TPSA) is 82.1 Å². The highest BCUT2D eigenvalue weighted by atomic mass is 16.6. The van der Waals surface area contributed by atoms with Crippen molar-refractivity contribution in [3.05, 3.63) is 0 Å². The number of carbonyl (C=O) groups excluding carboxylic acids is 1. The third-order valence-electron chi connectivity index (χ3n) is 3.90. The van der Waals surface area contributed by atoms with Crippen LogP contribution in [-0.2, 0) is 23.8 Å². The summed E-state index contributed by atoms with van der Waals surface area (Å²) in [5, 5.41) is 8.82. The molecular weight excluding hydrogens is 264 g/mol. The summed E-state index contributed by atoms with van der Waals surface area (Å²) >= 11 is 0. The molecule has 1 N–H and O–H groups in total. The predicted molar refractivity (Wildman–Crippen MR) is 73.5 cm³/mol. The quantitative estimate of drug-likeness (QED) is 0.653. The monoisotopic (exact) mass is 290 g/mol. The fourth-order valence-corrected chi connectivity index (χ4v) is 2.31. The van der Waals surface area contributed by atoms with E-state index in [1.165, 1.54) is 14.2 Å². The maximum atomic E-state index is 12.0. The highest BCUT2D eigenvalue weighted by Gasteiger charge is 2.53. The van der Waals surface area contributed by atoms with Crippen LogP contribution in [0.25, 0.3) is 0 Å². The minimum absolute atomic E-state index is 0.0571. The lowest BCUT2D eigenvalue weighted by molar-refractivity contribution is -0.203. The van der Waals surface area contributed by atoms with Crippen LogP contribution in [0.1, 0.15) is 40.5 Å². The Labute approximate surface area is 120 Å². The molecule has 0 aromatic carbocycles. The van der Waals surface area contributed by atoms with Crippen molar-refractivity contribution >= 4 is 11.9 Å². The maximum absolute atomic E-state index is 12.0. The molecule has 2 atom stereocenters. The van der Waals surface area contributed by atoms with Crippen molar-refractivity contribution in [3.63, 3.8) is 0 Å². The minimum atomic E-state index is -0.987. The lowest BCUT2D eigenvalue weighted by atomic mass is 9.71. The number of hydrogen-bond donors (Lipinski definition) is 1. The van der Waals surface area contributed by atoms with Crippen LogP contribution in [0.4, 0.5) is 0 Å². The number of carboxylic acid groups (broad SMARTS) is 1. The second-order valence-electron chi connectivity index (χ2n) is 5.31. The van der Waals surface area contributed by atoms with Crippen molar-refractivity contribution in [1.82, 2.24) is 0 Å². The standard InChI is InChI=1S/C14H26O6/c1-7-20-14(4,13(2,3)12(17)19-6)10(18-5)8-9-11(15)16/h10H,7-9H2,1-6H3,(H,15,16). The van der Waals surface area contributed by atoms with Crippen molar-refractivity contribution in [2.75, 3.05) is 20.8 Å². The molecule has 0 bridgehead atoms. The van der Waals surface area contributed by atoms with Crippen LogP contribution in [0.3, 0.4) is 0 Å². The van der Waals surface area contributed by atoms with Gasteiger partial charge in [0.25, 0.3) is 0 Å². The summed E-state index contributed by atoms with van der Waals surface area (Å²) in [6.45, 7) is 7.37. The molecule has 6 heteroatoms. The third kappa shape index (κ3) is 3.93. The summed E-state index contributed by atoms with van der Waals surface area (Å²) in [6.07, 6.45) is -0.339. The number of hydrogen-bond acceptors (Lipinski definition) is 5. The van der Waals surface area contributed by atoms with Crippen LogP contribution in [0.2, 0.25) is 0 Å². The number of rotatable bonds is 9. The van der Waals surface area contributed by atoms with Crippen molar-refractivity contribution in [2.24, 2.45) is 5.41 Å². The molecule has 0 aromatic heterocycles. The Morgan fingerprint density at radius 1 is 1.20 bits per heavy atom. The first-order valence-electron chi connectivity index (χ1n) is 6.64. The molecule has 0 aromatic rings. The zero-order valence-electron chi connectivity index (χ0n) is 13.2. The molecule has 0 radical (unpaired) electrons. The predicted octanol–water partition coefficient (Wildman–Crippen LogP) is 1.86. The van der Waals surface area contributed by atoms with Gasteiger partial charge in [-0.2, -0.15) is 0 Å². The minimum Gasteiger partial charge on any atom is -0.481 e. The second kappa shape index (κ2) is 7.59. The summed E-state index contributed by atoms with van der Waals surface area (Å²) in [7, 11) is 2.80. The Morgan fingerprint density at radius 3 is 2.10 bits per heavy atom. The molecule has 0 saturated carbocycles. The lowest BCUT2D eigenvalue weighted by Gasteiger charge is -2.46. The van der Waals surface area contributed by atoms with Crippen LogP contribution in [0.15, 0.2) is 0 Å². The van der Waals surface area contributed by atoms with Gasteiger partial charge in [-0.05, 0) is 34.1 Å². The Kier molecular flexibility index (Phi) is 7.16. The van der Waals surface area contributed by atoms with Gasteiger partial charge in [-0.15, -0.1) is 0 Å². The number of carboxylic acids is 1. The molecule has 118 valence electrons. The SMILES string of the molecule is CCOC(C)(C(CCC(=O)O)OC)C(C)(C)C(=O)OC. The van der Waals surface area contributed by atoms with Crippen molar-refractivity contribution in [1.29, 1.82) is 0 Å². The first kappa shape index (κ1) is 18.9. The average molecular weight is 290 g/mol. The van der Waals surface area contributed by atoms with Gasteiger partial charge in [0.05, 0.1) is 18.6 Å². The molecule has 0 fully saturated rings. The highest BCUT2D eigenvalue weighted by molar-refractivity contribution is 5.77. The van der Waals surface area contributed by atoms with E-state index >= 15 is 0 Å². The summed E-state index contributed by atoms with van der Waals surface area (Å²) < 4.78 is 16.0. The smallest absolute Gasteiger partial charge is 0.314 e. The van der Waals surface area contributed by atoms with Crippen LogP contribution >= 0.6 is 0 Å². The summed E-state index contributed by atoms with van der Waals surface area (Å²) in [5.41, 5.74) is -1.96. The number of methoxy groups -OCH3 is 2. The molecule has 0 aliphatic heterocycles. The van der Waals surface area contributed by atoms with E-state index < -0.39 is 29.1 Å². The van der Waals surface area contributed by atoms with Gasteiger partial charge < -0.3 is 19.3 Å². The first-order chi connectivity index (χ1) is 9.17. The van der Waals surface area contributed by atoms with Crippen LogP contribution in [0, 0.1) is 5.41 Å². The van der Waals surface area contributed by atoms with Crippen molar-refractivity contribution in [3.8, 4) is 0 Å². The molecule has 0 heterocycles. The van der Waals surface area contributed by atoms with E-state index in [2.05, 4.69) is 0 Å². The molecule has 0 amide bonds. The van der Waals surface area contributed by atoms with E-state index in [-0.39, 0.29) is 12.8 Å². The third-order valence-corrected chi connectivity index (χ3v) is 3.90. The molecule has 20 heavy (non-hydrogen) atoms. The average Bonchev–Trinajstić information content (AvgIpc) is 2.37. The molecule has 0 aliphatic rings. The number of aliphatic carboxylic acids is 1. The highest BCUT2D eigenvalue weighted by Crippen LogP contribution is 2.40. The zero-order valence-corrected chi connectivity index (χ0v) is 13.2. The molecule has 0 saturated heterocycles. The van der Waals surface area contributed by atoms with Crippen molar-refractivity contribution in [2.45, 2.75) is 52.2 Å². The Hall–Kier alpha value is -1.14. The fourth-order valence-electron chi connectivity index (χ4n) is 2.31. The Bertz CT molecular complexity index is 339. The first-order valence-corrected chi connectivity index (χ1v) is 6.64. The van der Waals surface area contributed by atoms with E-state index in [1.54, 1.807) is 20.8 Å². The van der Waals surface area contributed by atoms with E-state index in [0.29, 0.717) is 6.61 Å². The molecule has 0 rings (SSSR count). The molecule has 0 aliphatic carbocycles. The fraction of sp³-hybridized carbons (Fsp3) is 0.857. The van der Waals surface area contributed by atoms with Gasteiger partial charge in [0.1, 0.15) is 5.60 Å². The van der Waals surface area contributed by atoms with E-state index in [4.69, 9.17) is 19.3 Å². The summed E-state index contributed by atoms with van der Waals surface area (Å²) in [5.74, 6) is -1.34. The summed E-state index contributed by atoms with van der Waals surface area (Å²) in [6, 6.07) is 0. The van der Waals surface area contributed by atoms with Crippen molar-refractivity contribution < 1.29 is 28.9 Å². The molecular formula is C14H26O6. The van der Waals surface area contributed by atoms with Crippen LogP contribution in [0.5, 0.6) is 0 Å². The van der Waals surface area contributed by atoms with E-state index in [0.717, 1.165) is 0 Å². The second-order valence-corrected chi connectivity index (χ2v) is 5.31. The number of carbonyl (C=O) groups is 2. The van der Waals surface area contributed by atoms with Gasteiger partial charge in [-0.3, -0.25) is 9.59 Å². The lowest BCUT2D eigenvalue weighted by Crippen LogP contribution is -2.58. The van der Waals surface area contributed by atoms with E-state index in [1.807, 2.05) is 6.92 Å². The van der Waals surface area contributed by atoms with Gasteiger partial charge in [0.2, 0.25) is 0 Å². The van der Waals surface area contributed by atoms with Gasteiger partial charge in [0.15, 0.2) is 0 Å². The largest absolute Gasteiger partial charge is 0.481 e. The van der Waals surface area contributed by atoms with Crippen LogP contribution in [-0.4, -0.2) is 49.6 Å². The van der Waals surface area contributed by atoms with Gasteiger partial charge in [0, 0.05) is 20.1 Å². The molecule has 0 spiro atoms. The van der Waals surface area contributed by atoms with E-state index in [9.17, 15) is 9.59 Å². The van der Waals surface area contributed by atoms with Gasteiger partial charge in [-0.1, -0.05) is 0 Å². The normalized spacial score (nSPS) is 16.3. The maximum Gasteiger partial charge on any atom is 0.314 e. The Balaban J connectivity index is 5.42. The number of esters is 1.